The van der Waals surface area contributed by atoms with Gasteiger partial charge in [0.25, 0.3) is 0 Å². The molecule has 33 heavy (non-hydrogen) atoms. The molecule has 1 N–H and O–H groups in total. The summed E-state index contributed by atoms with van der Waals surface area (Å²) in [5.74, 6) is -2.04. The molecule has 0 saturated carbocycles. The maximum atomic E-state index is 13.7. The van der Waals surface area contributed by atoms with E-state index in [0.29, 0.717) is 6.42 Å². The van der Waals surface area contributed by atoms with E-state index in [1.807, 2.05) is 24.3 Å². The Kier molecular flexibility index (Phi) is 6.41. The van der Waals surface area contributed by atoms with Gasteiger partial charge < -0.3 is 19.1 Å². The Labute approximate surface area is 193 Å². The van der Waals surface area contributed by atoms with Crippen LogP contribution in [0.15, 0.2) is 54.6 Å². The third-order valence-electron chi connectivity index (χ3n) is 5.85. The van der Waals surface area contributed by atoms with Crippen molar-refractivity contribution in [1.29, 1.82) is 0 Å². The number of hydrogen-bond acceptors (Lipinski definition) is 3. The van der Waals surface area contributed by atoms with Crippen molar-refractivity contribution >= 4 is 22.9 Å². The van der Waals surface area contributed by atoms with Gasteiger partial charge in [-0.05, 0) is 57.5 Å². The zero-order valence-corrected chi connectivity index (χ0v) is 19.4. The van der Waals surface area contributed by atoms with Gasteiger partial charge in [-0.1, -0.05) is 36.4 Å². The van der Waals surface area contributed by atoms with Gasteiger partial charge in [-0.15, -0.1) is 0 Å². The van der Waals surface area contributed by atoms with E-state index < -0.39 is 17.9 Å². The molecule has 2 heterocycles. The third-order valence-corrected chi connectivity index (χ3v) is 5.85. The lowest BCUT2D eigenvalue weighted by Gasteiger charge is -2.39. The quantitative estimate of drug-likeness (QED) is 0.469. The average molecular weight is 452 g/mol. The molecule has 5 nitrogen and oxygen atoms in total. The normalized spacial score (nSPS) is 20.7. The highest BCUT2D eigenvalue weighted by molar-refractivity contribution is 6.01. The molecule has 3 aromatic rings. The SMILES string of the molecule is CC(C)n1c(C=C[C@@H]2C[C@H](CC(=O)O)OC(C)(C)O2)c(-c2ccc(F)cc2)c2ccccc21. The monoisotopic (exact) mass is 451 g/mol. The summed E-state index contributed by atoms with van der Waals surface area (Å²) < 4.78 is 27.8. The van der Waals surface area contributed by atoms with Crippen molar-refractivity contribution in [1.82, 2.24) is 4.57 Å². The molecule has 0 amide bonds. The Morgan fingerprint density at radius 2 is 1.88 bits per heavy atom. The molecule has 0 unspecified atom stereocenters. The lowest BCUT2D eigenvalue weighted by molar-refractivity contribution is -0.290. The maximum absolute atomic E-state index is 13.7. The molecule has 2 atom stereocenters. The van der Waals surface area contributed by atoms with Crippen LogP contribution in [0.1, 0.15) is 52.3 Å². The van der Waals surface area contributed by atoms with Crippen LogP contribution in [0.25, 0.3) is 28.1 Å². The van der Waals surface area contributed by atoms with E-state index in [2.05, 4.69) is 30.5 Å². The summed E-state index contributed by atoms with van der Waals surface area (Å²) in [7, 11) is 0. The van der Waals surface area contributed by atoms with Crippen molar-refractivity contribution in [2.24, 2.45) is 0 Å². The molecular formula is C27H30FNO4. The van der Waals surface area contributed by atoms with Crippen molar-refractivity contribution in [3.8, 4) is 11.1 Å². The molecule has 1 aliphatic rings. The van der Waals surface area contributed by atoms with E-state index in [1.54, 1.807) is 26.0 Å². The summed E-state index contributed by atoms with van der Waals surface area (Å²) in [4.78, 5) is 11.2. The number of rotatable bonds is 6. The van der Waals surface area contributed by atoms with Crippen LogP contribution < -0.4 is 0 Å². The number of ether oxygens (including phenoxy) is 2. The highest BCUT2D eigenvalue weighted by Crippen LogP contribution is 2.38. The molecule has 1 aromatic heterocycles. The summed E-state index contributed by atoms with van der Waals surface area (Å²) in [5, 5.41) is 10.3. The van der Waals surface area contributed by atoms with Crippen molar-refractivity contribution in [3.05, 3.63) is 66.1 Å². The van der Waals surface area contributed by atoms with Gasteiger partial charge in [-0.25, -0.2) is 4.39 Å². The number of nitrogens with zero attached hydrogens (tertiary/aromatic N) is 1. The number of aromatic nitrogens is 1. The number of fused-ring (bicyclic) bond motifs is 1. The molecule has 6 heteroatoms. The summed E-state index contributed by atoms with van der Waals surface area (Å²) in [5.41, 5.74) is 4.07. The Balaban J connectivity index is 1.80. The van der Waals surface area contributed by atoms with Gasteiger partial charge in [0.2, 0.25) is 0 Å². The van der Waals surface area contributed by atoms with Crippen LogP contribution >= 0.6 is 0 Å². The van der Waals surface area contributed by atoms with Gasteiger partial charge in [-0.2, -0.15) is 0 Å². The second-order valence-electron chi connectivity index (χ2n) is 9.24. The van der Waals surface area contributed by atoms with E-state index in [9.17, 15) is 14.3 Å². The average Bonchev–Trinajstić information content (AvgIpc) is 3.05. The fourth-order valence-corrected chi connectivity index (χ4v) is 4.71. The highest BCUT2D eigenvalue weighted by atomic mass is 19.1. The minimum absolute atomic E-state index is 0.0653. The topological polar surface area (TPSA) is 60.7 Å². The van der Waals surface area contributed by atoms with E-state index in [-0.39, 0.29) is 24.4 Å². The summed E-state index contributed by atoms with van der Waals surface area (Å²) in [6.07, 6.45) is 3.71. The largest absolute Gasteiger partial charge is 0.481 e. The van der Waals surface area contributed by atoms with Gasteiger partial charge in [0, 0.05) is 34.6 Å². The molecule has 1 fully saturated rings. The standard InChI is InChI=1S/C27H30FNO4/c1-17(2)29-23-8-6-5-7-22(23)26(18-9-11-19(28)12-10-18)24(29)14-13-20-15-21(16-25(30)31)33-27(3,4)32-20/h5-14,17,20-21H,15-16H2,1-4H3,(H,30,31)/t20-,21-/m1/s1. The number of benzene rings is 2. The van der Waals surface area contributed by atoms with Crippen LogP contribution in [0.5, 0.6) is 0 Å². The summed E-state index contributed by atoms with van der Waals surface area (Å²) in [6.45, 7) is 7.87. The Hall–Kier alpha value is -2.96. The highest BCUT2D eigenvalue weighted by Gasteiger charge is 2.35. The van der Waals surface area contributed by atoms with Crippen molar-refractivity contribution < 1.29 is 23.8 Å². The van der Waals surface area contributed by atoms with Crippen LogP contribution in [0.3, 0.4) is 0 Å². The van der Waals surface area contributed by atoms with E-state index in [1.165, 1.54) is 12.1 Å². The molecule has 0 spiro atoms. The lowest BCUT2D eigenvalue weighted by atomic mass is 10.0. The van der Waals surface area contributed by atoms with Crippen LogP contribution in [0.2, 0.25) is 0 Å². The summed E-state index contributed by atoms with van der Waals surface area (Å²) >= 11 is 0. The molecule has 174 valence electrons. The van der Waals surface area contributed by atoms with Crippen molar-refractivity contribution in [2.45, 2.75) is 64.6 Å². The van der Waals surface area contributed by atoms with Gasteiger partial charge >= 0.3 is 5.97 Å². The van der Waals surface area contributed by atoms with Gasteiger partial charge in [0.1, 0.15) is 5.82 Å². The number of carbonyl (C=O) groups is 1. The fourth-order valence-electron chi connectivity index (χ4n) is 4.71. The number of para-hydroxylation sites is 1. The molecule has 4 rings (SSSR count). The second-order valence-corrected chi connectivity index (χ2v) is 9.24. The Morgan fingerprint density at radius 3 is 2.55 bits per heavy atom. The number of halogens is 1. The van der Waals surface area contributed by atoms with Crippen LogP contribution in [-0.4, -0.2) is 33.6 Å². The number of hydrogen-bond donors (Lipinski definition) is 1. The summed E-state index contributed by atoms with van der Waals surface area (Å²) in [6, 6.07) is 15.0. The fraction of sp³-hybridized carbons (Fsp3) is 0.370. The van der Waals surface area contributed by atoms with Crippen LogP contribution in [-0.2, 0) is 14.3 Å². The Morgan fingerprint density at radius 1 is 1.18 bits per heavy atom. The Bertz CT molecular complexity index is 1180. The van der Waals surface area contributed by atoms with Crippen molar-refractivity contribution in [2.75, 3.05) is 0 Å². The number of carboxylic acid groups (broad SMARTS) is 1. The molecule has 0 bridgehead atoms. The maximum Gasteiger partial charge on any atom is 0.305 e. The van der Waals surface area contributed by atoms with Crippen molar-refractivity contribution in [3.63, 3.8) is 0 Å². The first kappa shape index (κ1) is 23.2. The van der Waals surface area contributed by atoms with E-state index in [0.717, 1.165) is 27.7 Å². The van der Waals surface area contributed by atoms with E-state index >= 15 is 0 Å². The van der Waals surface area contributed by atoms with Gasteiger partial charge in [-0.3, -0.25) is 4.79 Å². The van der Waals surface area contributed by atoms with Crippen LogP contribution in [0, 0.1) is 5.82 Å². The first-order valence-corrected chi connectivity index (χ1v) is 11.3. The molecule has 1 saturated heterocycles. The zero-order chi connectivity index (χ0) is 23.8. The first-order valence-electron chi connectivity index (χ1n) is 11.3. The van der Waals surface area contributed by atoms with E-state index in [4.69, 9.17) is 9.47 Å². The molecule has 2 aromatic carbocycles. The molecule has 0 radical (unpaired) electrons. The number of aliphatic carboxylic acids is 1. The third kappa shape index (κ3) is 5.02. The smallest absolute Gasteiger partial charge is 0.305 e. The lowest BCUT2D eigenvalue weighted by Crippen LogP contribution is -2.44. The second kappa shape index (κ2) is 9.12. The van der Waals surface area contributed by atoms with Gasteiger partial charge in [0.15, 0.2) is 5.79 Å². The predicted octanol–water partition coefficient (Wildman–Crippen LogP) is 6.43. The molecule has 0 aliphatic carbocycles. The molecule has 1 aliphatic heterocycles. The number of carboxylic acids is 1. The van der Waals surface area contributed by atoms with Crippen LogP contribution in [0.4, 0.5) is 4.39 Å². The van der Waals surface area contributed by atoms with Gasteiger partial charge in [0.05, 0.1) is 18.6 Å². The zero-order valence-electron chi connectivity index (χ0n) is 19.4. The first-order chi connectivity index (χ1) is 15.6. The predicted molar refractivity (Wildman–Crippen MR) is 127 cm³/mol. The molecular weight excluding hydrogens is 421 g/mol. The minimum Gasteiger partial charge on any atom is -0.481 e. The minimum atomic E-state index is -0.890.